The van der Waals surface area contributed by atoms with E-state index in [9.17, 15) is 4.79 Å². The number of carbonyl (C=O) groups excluding carboxylic acids is 1. The van der Waals surface area contributed by atoms with Crippen LogP contribution in [0.25, 0.3) is 10.9 Å². The average Bonchev–Trinajstić information content (AvgIpc) is 2.55. The second-order valence-corrected chi connectivity index (χ2v) is 5.76. The predicted molar refractivity (Wildman–Crippen MR) is 96.5 cm³/mol. The highest BCUT2D eigenvalue weighted by atomic mass is 35.5. The maximum atomic E-state index is 12.3. The van der Waals surface area contributed by atoms with Gasteiger partial charge in [0.15, 0.2) is 0 Å². The van der Waals surface area contributed by atoms with Crippen molar-refractivity contribution in [2.24, 2.45) is 0 Å². The number of hydrogen-bond donors (Lipinski definition) is 2. The zero-order valence-corrected chi connectivity index (χ0v) is 13.8. The minimum Gasteiger partial charge on any atom is -0.495 e. The molecule has 122 valence electrons. The predicted octanol–water partition coefficient (Wildman–Crippen LogP) is 3.66. The number of pyridine rings is 1. The molecule has 0 spiro atoms. The maximum Gasteiger partial charge on any atom is 0.230 e. The first-order valence-electron chi connectivity index (χ1n) is 7.34. The lowest BCUT2D eigenvalue weighted by atomic mass is 10.1. The number of halogens is 1. The molecule has 1 amide bonds. The first-order chi connectivity index (χ1) is 11.5. The topological polar surface area (TPSA) is 77.2 Å². The van der Waals surface area contributed by atoms with E-state index in [1.165, 1.54) is 7.11 Å². The third-order valence-corrected chi connectivity index (χ3v) is 3.78. The Labute approximate surface area is 144 Å². The Hall–Kier alpha value is -2.79. The van der Waals surface area contributed by atoms with E-state index >= 15 is 0 Å². The molecule has 3 aromatic rings. The second kappa shape index (κ2) is 6.76. The summed E-state index contributed by atoms with van der Waals surface area (Å²) < 4.78 is 5.22. The molecule has 0 saturated carbocycles. The maximum absolute atomic E-state index is 12.3. The van der Waals surface area contributed by atoms with E-state index in [-0.39, 0.29) is 12.3 Å². The number of aromatic nitrogens is 1. The van der Waals surface area contributed by atoms with Crippen LogP contribution in [-0.4, -0.2) is 18.0 Å². The van der Waals surface area contributed by atoms with E-state index < -0.39 is 0 Å². The number of anilines is 2. The van der Waals surface area contributed by atoms with Crippen LogP contribution in [0.15, 0.2) is 48.5 Å². The molecule has 0 unspecified atom stereocenters. The average molecular weight is 342 g/mol. The van der Waals surface area contributed by atoms with E-state index in [2.05, 4.69) is 10.3 Å². The van der Waals surface area contributed by atoms with E-state index in [0.717, 1.165) is 10.9 Å². The number of nitrogens with one attached hydrogen (secondary N) is 1. The third-order valence-electron chi connectivity index (χ3n) is 3.55. The van der Waals surface area contributed by atoms with Gasteiger partial charge in [-0.15, -0.1) is 0 Å². The van der Waals surface area contributed by atoms with E-state index in [1.54, 1.807) is 24.3 Å². The molecule has 0 fully saturated rings. The summed E-state index contributed by atoms with van der Waals surface area (Å²) in [6.07, 6.45) is 0.149. The highest BCUT2D eigenvalue weighted by Gasteiger charge is 2.10. The molecule has 0 aliphatic rings. The SMILES string of the molecule is COc1ccc(Cl)cc1NC(=O)Cc1ccc2cc(N)ccc2n1. The number of methoxy groups -OCH3 is 1. The molecule has 2 aromatic carbocycles. The lowest BCUT2D eigenvalue weighted by molar-refractivity contribution is -0.115. The van der Waals surface area contributed by atoms with Gasteiger partial charge in [-0.2, -0.15) is 0 Å². The Morgan fingerprint density at radius 2 is 2.04 bits per heavy atom. The zero-order chi connectivity index (χ0) is 17.1. The van der Waals surface area contributed by atoms with E-state index in [0.29, 0.717) is 27.8 Å². The summed E-state index contributed by atoms with van der Waals surface area (Å²) in [6.45, 7) is 0. The van der Waals surface area contributed by atoms with Crippen molar-refractivity contribution < 1.29 is 9.53 Å². The summed E-state index contributed by atoms with van der Waals surface area (Å²) in [4.78, 5) is 16.8. The normalized spacial score (nSPS) is 10.6. The quantitative estimate of drug-likeness (QED) is 0.710. The van der Waals surface area contributed by atoms with Crippen LogP contribution in [0.2, 0.25) is 5.02 Å². The zero-order valence-electron chi connectivity index (χ0n) is 13.0. The smallest absolute Gasteiger partial charge is 0.230 e. The number of fused-ring (bicyclic) bond motifs is 1. The van der Waals surface area contributed by atoms with Gasteiger partial charge in [0.1, 0.15) is 5.75 Å². The van der Waals surface area contributed by atoms with Gasteiger partial charge in [-0.3, -0.25) is 9.78 Å². The molecule has 24 heavy (non-hydrogen) atoms. The summed E-state index contributed by atoms with van der Waals surface area (Å²) in [6, 6.07) is 14.3. The molecule has 5 nitrogen and oxygen atoms in total. The molecule has 1 aromatic heterocycles. The molecule has 3 rings (SSSR count). The number of nitrogens with zero attached hydrogens (tertiary/aromatic N) is 1. The highest BCUT2D eigenvalue weighted by molar-refractivity contribution is 6.31. The van der Waals surface area contributed by atoms with Crippen LogP contribution < -0.4 is 15.8 Å². The number of rotatable bonds is 4. The molecular weight excluding hydrogens is 326 g/mol. The van der Waals surface area contributed by atoms with E-state index in [4.69, 9.17) is 22.1 Å². The van der Waals surface area contributed by atoms with Crippen LogP contribution in [-0.2, 0) is 11.2 Å². The Kier molecular flexibility index (Phi) is 4.53. The Morgan fingerprint density at radius 1 is 1.21 bits per heavy atom. The number of benzene rings is 2. The van der Waals surface area contributed by atoms with Gasteiger partial charge in [0, 0.05) is 16.1 Å². The van der Waals surface area contributed by atoms with Crippen LogP contribution in [0.4, 0.5) is 11.4 Å². The lowest BCUT2D eigenvalue weighted by Gasteiger charge is -2.10. The van der Waals surface area contributed by atoms with Crippen molar-refractivity contribution in [2.75, 3.05) is 18.2 Å². The minimum atomic E-state index is -0.196. The monoisotopic (exact) mass is 341 g/mol. The molecule has 6 heteroatoms. The summed E-state index contributed by atoms with van der Waals surface area (Å²) in [7, 11) is 1.54. The summed E-state index contributed by atoms with van der Waals surface area (Å²) in [5.74, 6) is 0.354. The van der Waals surface area contributed by atoms with Gasteiger partial charge < -0.3 is 15.8 Å². The molecule has 0 saturated heterocycles. The van der Waals surface area contributed by atoms with Crippen LogP contribution in [0.1, 0.15) is 5.69 Å². The van der Waals surface area contributed by atoms with Gasteiger partial charge >= 0.3 is 0 Å². The minimum absolute atomic E-state index is 0.149. The van der Waals surface area contributed by atoms with Gasteiger partial charge in [0.05, 0.1) is 30.4 Å². The first-order valence-corrected chi connectivity index (χ1v) is 7.71. The van der Waals surface area contributed by atoms with Gasteiger partial charge in [0.25, 0.3) is 0 Å². The Morgan fingerprint density at radius 3 is 2.83 bits per heavy atom. The highest BCUT2D eigenvalue weighted by Crippen LogP contribution is 2.27. The molecule has 1 heterocycles. The molecular formula is C18H16ClN3O2. The summed E-state index contributed by atoms with van der Waals surface area (Å²) >= 11 is 5.97. The molecule has 0 aliphatic heterocycles. The van der Waals surface area contributed by atoms with Gasteiger partial charge in [-0.25, -0.2) is 0 Å². The molecule has 0 bridgehead atoms. The summed E-state index contributed by atoms with van der Waals surface area (Å²) in [5.41, 5.74) is 8.44. The number of amides is 1. The van der Waals surface area contributed by atoms with Crippen molar-refractivity contribution in [3.63, 3.8) is 0 Å². The number of nitrogens with two attached hydrogens (primary N) is 1. The van der Waals surface area contributed by atoms with Crippen LogP contribution in [0.5, 0.6) is 5.75 Å². The lowest BCUT2D eigenvalue weighted by Crippen LogP contribution is -2.15. The number of carbonyl (C=O) groups is 1. The van der Waals surface area contributed by atoms with Crippen molar-refractivity contribution >= 4 is 39.8 Å². The molecule has 0 atom stereocenters. The number of nitrogen functional groups attached to an aromatic ring is 1. The van der Waals surface area contributed by atoms with Crippen LogP contribution in [0.3, 0.4) is 0 Å². The third kappa shape index (κ3) is 3.58. The fourth-order valence-electron chi connectivity index (χ4n) is 2.42. The van der Waals surface area contributed by atoms with Crippen molar-refractivity contribution in [2.45, 2.75) is 6.42 Å². The molecule has 0 aliphatic carbocycles. The molecule has 3 N–H and O–H groups in total. The van der Waals surface area contributed by atoms with Crippen LogP contribution >= 0.6 is 11.6 Å². The Balaban J connectivity index is 1.77. The number of hydrogen-bond acceptors (Lipinski definition) is 4. The Bertz CT molecular complexity index is 912. The second-order valence-electron chi connectivity index (χ2n) is 5.32. The number of ether oxygens (including phenoxy) is 1. The summed E-state index contributed by atoms with van der Waals surface area (Å²) in [5, 5.41) is 4.26. The fourth-order valence-corrected chi connectivity index (χ4v) is 2.59. The fraction of sp³-hybridized carbons (Fsp3) is 0.111. The van der Waals surface area contributed by atoms with Gasteiger partial charge in [-0.05, 0) is 42.5 Å². The standard InChI is InChI=1S/C18H16ClN3O2/c1-24-17-7-3-12(19)9-16(17)22-18(23)10-14-5-2-11-8-13(20)4-6-15(11)21-14/h2-9H,10,20H2,1H3,(H,22,23). The first kappa shape index (κ1) is 16.1. The van der Waals surface area contributed by atoms with Gasteiger partial charge in [0.2, 0.25) is 5.91 Å². The van der Waals surface area contributed by atoms with Gasteiger partial charge in [-0.1, -0.05) is 17.7 Å². The van der Waals surface area contributed by atoms with Crippen LogP contribution in [0, 0.1) is 0 Å². The van der Waals surface area contributed by atoms with E-state index in [1.807, 2.05) is 24.3 Å². The van der Waals surface area contributed by atoms with Crippen molar-refractivity contribution in [3.05, 3.63) is 59.2 Å². The van der Waals surface area contributed by atoms with Crippen molar-refractivity contribution in [3.8, 4) is 5.75 Å². The van der Waals surface area contributed by atoms with Crippen molar-refractivity contribution in [1.29, 1.82) is 0 Å². The molecule has 0 radical (unpaired) electrons. The largest absolute Gasteiger partial charge is 0.495 e. The van der Waals surface area contributed by atoms with Crippen molar-refractivity contribution in [1.82, 2.24) is 4.98 Å².